The van der Waals surface area contributed by atoms with Gasteiger partial charge in [0.15, 0.2) is 28.8 Å². The maximum Gasteiger partial charge on any atom is 0.446 e. The standard InChI is InChI=1S/C18H16O11S/c1-25-10-6-8(4-5-9(10)19)16-18(29-30(22,23)24)15(21)13-11(28-16)7-12(26-2)17(27-3)14(13)20/h4-7,19-20H,1-3H3,(H,22,23,24). The van der Waals surface area contributed by atoms with Crippen LogP contribution in [0.4, 0.5) is 0 Å². The van der Waals surface area contributed by atoms with E-state index in [1.54, 1.807) is 0 Å². The molecule has 0 fully saturated rings. The Morgan fingerprint density at radius 1 is 0.933 bits per heavy atom. The van der Waals surface area contributed by atoms with E-state index in [-0.39, 0.29) is 34.1 Å². The second-order valence-electron chi connectivity index (χ2n) is 5.82. The van der Waals surface area contributed by atoms with Crippen molar-refractivity contribution in [2.45, 2.75) is 0 Å². The molecule has 0 atom stereocenters. The van der Waals surface area contributed by atoms with Crippen molar-refractivity contribution in [3.63, 3.8) is 0 Å². The number of phenols is 2. The molecule has 0 bridgehead atoms. The first-order valence-corrected chi connectivity index (χ1v) is 9.46. The first kappa shape index (κ1) is 21.1. The fraction of sp³-hybridized carbons (Fsp3) is 0.167. The van der Waals surface area contributed by atoms with E-state index < -0.39 is 38.5 Å². The summed E-state index contributed by atoms with van der Waals surface area (Å²) in [5, 5.41) is 19.8. The molecule has 12 heteroatoms. The van der Waals surface area contributed by atoms with Crippen molar-refractivity contribution < 1.29 is 46.0 Å². The number of methoxy groups -OCH3 is 3. The molecule has 3 rings (SSSR count). The Kier molecular flexibility index (Phi) is 5.37. The molecule has 0 aliphatic rings. The van der Waals surface area contributed by atoms with E-state index in [2.05, 4.69) is 4.18 Å². The van der Waals surface area contributed by atoms with Gasteiger partial charge < -0.3 is 33.0 Å². The largest absolute Gasteiger partial charge is 0.504 e. The van der Waals surface area contributed by atoms with E-state index >= 15 is 0 Å². The fourth-order valence-electron chi connectivity index (χ4n) is 2.82. The quantitative estimate of drug-likeness (QED) is 0.481. The first-order valence-electron chi connectivity index (χ1n) is 8.10. The van der Waals surface area contributed by atoms with Gasteiger partial charge in [0.05, 0.1) is 21.3 Å². The average Bonchev–Trinajstić information content (AvgIpc) is 2.69. The molecule has 0 radical (unpaired) electrons. The third kappa shape index (κ3) is 3.65. The van der Waals surface area contributed by atoms with Gasteiger partial charge in [-0.2, -0.15) is 8.42 Å². The Morgan fingerprint density at radius 3 is 2.17 bits per heavy atom. The normalized spacial score (nSPS) is 11.3. The summed E-state index contributed by atoms with van der Waals surface area (Å²) in [6.07, 6.45) is 0. The lowest BCUT2D eigenvalue weighted by molar-refractivity contribution is 0.334. The van der Waals surface area contributed by atoms with Gasteiger partial charge in [0.1, 0.15) is 11.0 Å². The van der Waals surface area contributed by atoms with Gasteiger partial charge in [0, 0.05) is 11.6 Å². The zero-order chi connectivity index (χ0) is 22.2. The minimum Gasteiger partial charge on any atom is -0.504 e. The van der Waals surface area contributed by atoms with Gasteiger partial charge in [0.25, 0.3) is 0 Å². The molecule has 0 spiro atoms. The van der Waals surface area contributed by atoms with E-state index in [1.165, 1.54) is 45.6 Å². The summed E-state index contributed by atoms with van der Waals surface area (Å²) in [6.45, 7) is 0. The Labute approximate surface area is 169 Å². The Balaban J connectivity index is 2.46. The maximum atomic E-state index is 13.0. The molecule has 1 aromatic heterocycles. The highest BCUT2D eigenvalue weighted by Crippen LogP contribution is 2.44. The highest BCUT2D eigenvalue weighted by molar-refractivity contribution is 7.81. The molecule has 30 heavy (non-hydrogen) atoms. The monoisotopic (exact) mass is 440 g/mol. The number of hydrogen-bond donors (Lipinski definition) is 3. The molecule has 2 aromatic carbocycles. The predicted molar refractivity (Wildman–Crippen MR) is 103 cm³/mol. The molecule has 3 aromatic rings. The van der Waals surface area contributed by atoms with E-state index in [4.69, 9.17) is 23.2 Å². The highest BCUT2D eigenvalue weighted by atomic mass is 32.3. The van der Waals surface area contributed by atoms with Crippen LogP contribution in [0.25, 0.3) is 22.3 Å². The summed E-state index contributed by atoms with van der Waals surface area (Å²) in [6, 6.07) is 4.99. The molecule has 0 saturated carbocycles. The minimum atomic E-state index is -5.14. The van der Waals surface area contributed by atoms with Crippen molar-refractivity contribution in [2.75, 3.05) is 21.3 Å². The summed E-state index contributed by atoms with van der Waals surface area (Å²) in [7, 11) is -1.35. The smallest absolute Gasteiger partial charge is 0.446 e. The zero-order valence-electron chi connectivity index (χ0n) is 15.8. The van der Waals surface area contributed by atoms with Crippen molar-refractivity contribution in [1.29, 1.82) is 0 Å². The SMILES string of the molecule is COc1cc(-c2oc3cc(OC)c(OC)c(O)c3c(=O)c2OS(=O)(=O)O)ccc1O. The van der Waals surface area contributed by atoms with Crippen LogP contribution in [-0.2, 0) is 10.4 Å². The van der Waals surface area contributed by atoms with Gasteiger partial charge in [-0.25, -0.2) is 0 Å². The molecule has 160 valence electrons. The highest BCUT2D eigenvalue weighted by Gasteiger charge is 2.27. The van der Waals surface area contributed by atoms with Crippen LogP contribution < -0.4 is 23.8 Å². The Hall–Kier alpha value is -3.64. The van der Waals surface area contributed by atoms with E-state index in [0.717, 1.165) is 0 Å². The first-order chi connectivity index (χ1) is 14.1. The number of ether oxygens (including phenoxy) is 3. The van der Waals surface area contributed by atoms with Gasteiger partial charge in [0.2, 0.25) is 16.9 Å². The molecule has 11 nitrogen and oxygen atoms in total. The summed E-state index contributed by atoms with van der Waals surface area (Å²) in [5.74, 6) is -2.45. The summed E-state index contributed by atoms with van der Waals surface area (Å²) < 4.78 is 57.0. The van der Waals surface area contributed by atoms with Crippen molar-refractivity contribution in [3.05, 3.63) is 34.5 Å². The van der Waals surface area contributed by atoms with Gasteiger partial charge in [-0.1, -0.05) is 0 Å². The van der Waals surface area contributed by atoms with Crippen molar-refractivity contribution >= 4 is 21.4 Å². The van der Waals surface area contributed by atoms with E-state index in [9.17, 15) is 23.4 Å². The van der Waals surface area contributed by atoms with Crippen LogP contribution in [-0.4, -0.2) is 44.5 Å². The fourth-order valence-corrected chi connectivity index (χ4v) is 3.18. The minimum absolute atomic E-state index is 0.0109. The number of benzene rings is 2. The molecule has 0 unspecified atom stereocenters. The topological polar surface area (TPSA) is 162 Å². The molecule has 0 saturated heterocycles. The second kappa shape index (κ2) is 7.65. The number of aromatic hydroxyl groups is 2. The molecule has 3 N–H and O–H groups in total. The van der Waals surface area contributed by atoms with Gasteiger partial charge in [-0.05, 0) is 18.2 Å². The second-order valence-corrected chi connectivity index (χ2v) is 6.84. The predicted octanol–water partition coefficient (Wildman–Crippen LogP) is 2.08. The van der Waals surface area contributed by atoms with Crippen LogP contribution in [0.15, 0.2) is 33.5 Å². The van der Waals surface area contributed by atoms with Crippen LogP contribution in [0.2, 0.25) is 0 Å². The van der Waals surface area contributed by atoms with Crippen LogP contribution in [0.3, 0.4) is 0 Å². The molecule has 1 heterocycles. The third-order valence-corrected chi connectivity index (χ3v) is 4.47. The molecule has 0 aliphatic carbocycles. The van der Waals surface area contributed by atoms with Crippen molar-refractivity contribution in [3.8, 4) is 45.8 Å². The zero-order valence-corrected chi connectivity index (χ0v) is 16.6. The molecular formula is C18H16O11S. The lowest BCUT2D eigenvalue weighted by Crippen LogP contribution is -2.16. The Bertz CT molecular complexity index is 1290. The average molecular weight is 440 g/mol. The lowest BCUT2D eigenvalue weighted by atomic mass is 10.1. The molecular weight excluding hydrogens is 424 g/mol. The van der Waals surface area contributed by atoms with E-state index in [0.29, 0.717) is 0 Å². The van der Waals surface area contributed by atoms with Gasteiger partial charge in [-0.15, -0.1) is 0 Å². The van der Waals surface area contributed by atoms with Crippen molar-refractivity contribution in [1.82, 2.24) is 0 Å². The van der Waals surface area contributed by atoms with E-state index in [1.807, 2.05) is 0 Å². The van der Waals surface area contributed by atoms with Gasteiger partial charge >= 0.3 is 10.4 Å². The summed E-state index contributed by atoms with van der Waals surface area (Å²) in [5.41, 5.74) is -1.24. The third-order valence-electron chi connectivity index (χ3n) is 4.09. The lowest BCUT2D eigenvalue weighted by Gasteiger charge is -2.14. The number of hydrogen-bond acceptors (Lipinski definition) is 10. The van der Waals surface area contributed by atoms with Crippen LogP contribution in [0.5, 0.6) is 34.5 Å². The van der Waals surface area contributed by atoms with Crippen LogP contribution in [0.1, 0.15) is 0 Å². The Morgan fingerprint density at radius 2 is 1.60 bits per heavy atom. The van der Waals surface area contributed by atoms with Crippen LogP contribution in [0, 0.1) is 0 Å². The maximum absolute atomic E-state index is 13.0. The number of rotatable bonds is 6. The van der Waals surface area contributed by atoms with Gasteiger partial charge in [-0.3, -0.25) is 9.35 Å². The molecule has 0 amide bonds. The molecule has 0 aliphatic heterocycles. The van der Waals surface area contributed by atoms with Crippen molar-refractivity contribution in [2.24, 2.45) is 0 Å². The number of fused-ring (bicyclic) bond motifs is 1. The number of phenolic OH excluding ortho intramolecular Hbond substituents is 2. The van der Waals surface area contributed by atoms with Crippen LogP contribution >= 0.6 is 0 Å². The summed E-state index contributed by atoms with van der Waals surface area (Å²) >= 11 is 0. The summed E-state index contributed by atoms with van der Waals surface area (Å²) in [4.78, 5) is 13.0.